The van der Waals surface area contributed by atoms with Crippen molar-refractivity contribution in [1.29, 1.82) is 0 Å². The predicted octanol–water partition coefficient (Wildman–Crippen LogP) is 3.82. The number of carbonyl (C=O) groups is 3. The molecule has 0 spiro atoms. The Bertz CT molecular complexity index is 1010. The molecule has 1 atom stereocenters. The Morgan fingerprint density at radius 3 is 2.45 bits per heavy atom. The number of amides is 4. The molecule has 1 heterocycles. The monoisotopic (exact) mass is 463 g/mol. The maximum Gasteiger partial charge on any atom is 0.325 e. The van der Waals surface area contributed by atoms with E-state index in [-0.39, 0.29) is 17.5 Å². The standard InChI is InChI=1S/C22H23Cl2N3O4/c1-4-31-16-8-5-14(6-9-16)12-26(3)19(28)13-27-20(29)22(2,25-21(27)30)17-10-7-15(23)11-18(17)24/h5-11H,4,12-13H2,1-3H3,(H,25,30)/t22-/m1/s1. The van der Waals surface area contributed by atoms with Crippen LogP contribution in [0.25, 0.3) is 0 Å². The molecule has 164 valence electrons. The van der Waals surface area contributed by atoms with Crippen LogP contribution in [0.1, 0.15) is 25.0 Å². The first-order valence-corrected chi connectivity index (χ1v) is 10.5. The summed E-state index contributed by atoms with van der Waals surface area (Å²) < 4.78 is 5.41. The summed E-state index contributed by atoms with van der Waals surface area (Å²) in [6, 6.07) is 11.4. The fraction of sp³-hybridized carbons (Fsp3) is 0.318. The summed E-state index contributed by atoms with van der Waals surface area (Å²) in [4.78, 5) is 40.6. The number of ether oxygens (including phenoxy) is 1. The van der Waals surface area contributed by atoms with Gasteiger partial charge in [-0.15, -0.1) is 0 Å². The summed E-state index contributed by atoms with van der Waals surface area (Å²) >= 11 is 12.2. The van der Waals surface area contributed by atoms with Crippen molar-refractivity contribution < 1.29 is 19.1 Å². The van der Waals surface area contributed by atoms with E-state index in [4.69, 9.17) is 27.9 Å². The Labute approximate surface area is 190 Å². The summed E-state index contributed by atoms with van der Waals surface area (Å²) in [6.45, 7) is 3.98. The molecule has 9 heteroatoms. The van der Waals surface area contributed by atoms with Crippen molar-refractivity contribution in [2.45, 2.75) is 25.9 Å². The van der Waals surface area contributed by atoms with Crippen molar-refractivity contribution in [3.63, 3.8) is 0 Å². The summed E-state index contributed by atoms with van der Waals surface area (Å²) in [5.41, 5.74) is -0.0731. The molecule has 3 rings (SSSR count). The van der Waals surface area contributed by atoms with E-state index in [1.165, 1.54) is 11.0 Å². The van der Waals surface area contributed by atoms with E-state index >= 15 is 0 Å². The van der Waals surface area contributed by atoms with Crippen molar-refractivity contribution in [1.82, 2.24) is 15.1 Å². The molecule has 1 aliphatic heterocycles. The third kappa shape index (κ3) is 4.78. The summed E-state index contributed by atoms with van der Waals surface area (Å²) in [6.07, 6.45) is 0. The molecule has 0 aromatic heterocycles. The Morgan fingerprint density at radius 1 is 1.16 bits per heavy atom. The highest BCUT2D eigenvalue weighted by Crippen LogP contribution is 2.35. The Hall–Kier alpha value is -2.77. The second-order valence-electron chi connectivity index (χ2n) is 7.40. The fourth-order valence-electron chi connectivity index (χ4n) is 3.39. The van der Waals surface area contributed by atoms with E-state index < -0.39 is 17.5 Å². The van der Waals surface area contributed by atoms with Crippen LogP contribution in [0.5, 0.6) is 5.75 Å². The Balaban J connectivity index is 1.69. The Kier molecular flexibility index (Phi) is 6.77. The van der Waals surface area contributed by atoms with E-state index in [1.54, 1.807) is 26.1 Å². The smallest absolute Gasteiger partial charge is 0.325 e. The number of hydrogen-bond donors (Lipinski definition) is 1. The lowest BCUT2D eigenvalue weighted by atomic mass is 9.92. The van der Waals surface area contributed by atoms with Crippen LogP contribution in [0.4, 0.5) is 4.79 Å². The van der Waals surface area contributed by atoms with Gasteiger partial charge in [0.1, 0.15) is 17.8 Å². The van der Waals surface area contributed by atoms with Gasteiger partial charge in [0.05, 0.1) is 6.61 Å². The zero-order chi connectivity index (χ0) is 22.8. The molecule has 1 saturated heterocycles. The number of nitrogens with zero attached hydrogens (tertiary/aromatic N) is 2. The van der Waals surface area contributed by atoms with E-state index in [9.17, 15) is 14.4 Å². The van der Waals surface area contributed by atoms with Crippen molar-refractivity contribution in [3.8, 4) is 5.75 Å². The molecule has 0 aliphatic carbocycles. The molecule has 4 amide bonds. The van der Waals surface area contributed by atoms with Gasteiger partial charge in [0.25, 0.3) is 5.91 Å². The van der Waals surface area contributed by atoms with E-state index in [0.717, 1.165) is 16.2 Å². The third-order valence-corrected chi connectivity index (χ3v) is 5.67. The molecule has 0 radical (unpaired) electrons. The first kappa shape index (κ1) is 22.9. The molecule has 1 N–H and O–H groups in total. The van der Waals surface area contributed by atoms with Gasteiger partial charge < -0.3 is 15.0 Å². The zero-order valence-corrected chi connectivity index (χ0v) is 19.0. The molecular weight excluding hydrogens is 441 g/mol. The molecule has 0 saturated carbocycles. The van der Waals surface area contributed by atoms with Gasteiger partial charge in [-0.2, -0.15) is 0 Å². The summed E-state index contributed by atoms with van der Waals surface area (Å²) in [5, 5.41) is 3.31. The highest BCUT2D eigenvalue weighted by molar-refractivity contribution is 6.35. The van der Waals surface area contributed by atoms with Crippen LogP contribution in [-0.2, 0) is 21.7 Å². The number of urea groups is 1. The van der Waals surface area contributed by atoms with Gasteiger partial charge in [-0.1, -0.05) is 41.4 Å². The number of nitrogens with one attached hydrogen (secondary N) is 1. The highest BCUT2D eigenvalue weighted by Gasteiger charge is 2.50. The first-order valence-electron chi connectivity index (χ1n) is 9.71. The number of imide groups is 1. The lowest BCUT2D eigenvalue weighted by molar-refractivity contribution is -0.138. The molecular formula is C22H23Cl2N3O4. The number of rotatable bonds is 7. The maximum atomic E-state index is 13.1. The Morgan fingerprint density at radius 2 is 1.84 bits per heavy atom. The number of likely N-dealkylation sites (N-methyl/N-ethyl adjacent to an activating group) is 1. The van der Waals surface area contributed by atoms with Crippen molar-refractivity contribution in [3.05, 3.63) is 63.6 Å². The van der Waals surface area contributed by atoms with Gasteiger partial charge in [0.15, 0.2) is 0 Å². The van der Waals surface area contributed by atoms with Gasteiger partial charge in [-0.25, -0.2) is 4.79 Å². The van der Waals surface area contributed by atoms with Crippen LogP contribution in [0, 0.1) is 0 Å². The summed E-state index contributed by atoms with van der Waals surface area (Å²) in [7, 11) is 1.62. The van der Waals surface area contributed by atoms with Gasteiger partial charge in [0.2, 0.25) is 5.91 Å². The van der Waals surface area contributed by atoms with Crippen molar-refractivity contribution in [2.24, 2.45) is 0 Å². The highest BCUT2D eigenvalue weighted by atomic mass is 35.5. The minimum Gasteiger partial charge on any atom is -0.494 e. The van der Waals surface area contributed by atoms with Gasteiger partial charge in [-0.05, 0) is 43.7 Å². The number of benzene rings is 2. The summed E-state index contributed by atoms with van der Waals surface area (Å²) in [5.74, 6) is -0.173. The fourth-order valence-corrected chi connectivity index (χ4v) is 3.99. The second kappa shape index (κ2) is 9.16. The predicted molar refractivity (Wildman–Crippen MR) is 118 cm³/mol. The van der Waals surface area contributed by atoms with Crippen LogP contribution < -0.4 is 10.1 Å². The topological polar surface area (TPSA) is 79.0 Å². The lowest BCUT2D eigenvalue weighted by Gasteiger charge is -2.24. The van der Waals surface area contributed by atoms with Crippen molar-refractivity contribution >= 4 is 41.0 Å². The molecule has 7 nitrogen and oxygen atoms in total. The third-order valence-electron chi connectivity index (χ3n) is 5.12. The average molecular weight is 464 g/mol. The van der Waals surface area contributed by atoms with Crippen LogP contribution in [0.3, 0.4) is 0 Å². The van der Waals surface area contributed by atoms with Gasteiger partial charge >= 0.3 is 6.03 Å². The molecule has 31 heavy (non-hydrogen) atoms. The normalized spacial score (nSPS) is 18.2. The van der Waals surface area contributed by atoms with Gasteiger partial charge in [-0.3, -0.25) is 14.5 Å². The zero-order valence-electron chi connectivity index (χ0n) is 17.4. The van der Waals surface area contributed by atoms with Crippen LogP contribution in [0.15, 0.2) is 42.5 Å². The van der Waals surface area contributed by atoms with E-state index in [1.807, 2.05) is 31.2 Å². The minimum absolute atomic E-state index is 0.254. The quantitative estimate of drug-likeness (QED) is 0.632. The average Bonchev–Trinajstić information content (AvgIpc) is 2.93. The SMILES string of the molecule is CCOc1ccc(CN(C)C(=O)CN2C(=O)N[C@](C)(c3ccc(Cl)cc3Cl)C2=O)cc1. The number of hydrogen-bond acceptors (Lipinski definition) is 4. The van der Waals surface area contributed by atoms with Gasteiger partial charge in [0, 0.05) is 29.2 Å². The van der Waals surface area contributed by atoms with Crippen LogP contribution in [0.2, 0.25) is 10.0 Å². The van der Waals surface area contributed by atoms with E-state index in [0.29, 0.717) is 23.7 Å². The molecule has 0 unspecified atom stereocenters. The maximum absolute atomic E-state index is 13.1. The largest absolute Gasteiger partial charge is 0.494 e. The molecule has 2 aromatic carbocycles. The van der Waals surface area contributed by atoms with Crippen molar-refractivity contribution in [2.75, 3.05) is 20.2 Å². The molecule has 0 bridgehead atoms. The number of halogens is 2. The minimum atomic E-state index is -1.38. The number of carbonyl (C=O) groups excluding carboxylic acids is 3. The molecule has 1 aliphatic rings. The second-order valence-corrected chi connectivity index (χ2v) is 8.24. The first-order chi connectivity index (χ1) is 14.7. The van der Waals surface area contributed by atoms with E-state index in [2.05, 4.69) is 5.32 Å². The lowest BCUT2D eigenvalue weighted by Crippen LogP contribution is -2.43. The van der Waals surface area contributed by atoms with Crippen LogP contribution >= 0.6 is 23.2 Å². The van der Waals surface area contributed by atoms with Crippen LogP contribution in [-0.4, -0.2) is 47.8 Å². The molecule has 2 aromatic rings. The molecule has 1 fully saturated rings.